The van der Waals surface area contributed by atoms with Crippen molar-refractivity contribution in [3.8, 4) is 6.07 Å². The Labute approximate surface area is 207 Å². The first-order valence-corrected chi connectivity index (χ1v) is 13.0. The number of hydrogen-bond donors (Lipinski definition) is 3. The molecule has 3 aliphatic heterocycles. The SMILES string of the molecule is CC(C)(C)OC(=O)N1CCC[C@@]12CCN([C@@H](CC1CC1)C(=O)N[C@H](C#N)C[C@@H]1CCNC1=O)C2O. The summed E-state index contributed by atoms with van der Waals surface area (Å²) >= 11 is 0. The molecule has 10 heteroatoms. The Bertz CT molecular complexity index is 878. The zero-order valence-corrected chi connectivity index (χ0v) is 21.1. The Kier molecular flexibility index (Phi) is 7.30. The number of amides is 3. The van der Waals surface area contributed by atoms with Crippen molar-refractivity contribution in [1.82, 2.24) is 20.4 Å². The molecule has 4 rings (SSSR count). The van der Waals surface area contributed by atoms with E-state index in [1.165, 1.54) is 0 Å². The van der Waals surface area contributed by atoms with Gasteiger partial charge in [-0.25, -0.2) is 4.79 Å². The van der Waals surface area contributed by atoms with Crippen LogP contribution in [0, 0.1) is 23.2 Å². The van der Waals surface area contributed by atoms with Gasteiger partial charge in [0.2, 0.25) is 11.8 Å². The summed E-state index contributed by atoms with van der Waals surface area (Å²) in [5, 5.41) is 26.8. The molecule has 0 aromatic carbocycles. The predicted octanol–water partition coefficient (Wildman–Crippen LogP) is 1.48. The highest BCUT2D eigenvalue weighted by Gasteiger charge is 2.57. The summed E-state index contributed by atoms with van der Waals surface area (Å²) in [6.07, 6.45) is 4.20. The topological polar surface area (TPSA) is 135 Å². The van der Waals surface area contributed by atoms with Gasteiger partial charge < -0.3 is 20.5 Å². The van der Waals surface area contributed by atoms with E-state index < -0.39 is 35.5 Å². The van der Waals surface area contributed by atoms with Gasteiger partial charge in [0, 0.05) is 25.6 Å². The number of ether oxygens (including phenoxy) is 1. The van der Waals surface area contributed by atoms with Gasteiger partial charge in [0.25, 0.3) is 0 Å². The molecule has 3 N–H and O–H groups in total. The highest BCUT2D eigenvalue weighted by atomic mass is 16.6. The van der Waals surface area contributed by atoms with Gasteiger partial charge in [-0.2, -0.15) is 5.26 Å². The smallest absolute Gasteiger partial charge is 0.410 e. The third-order valence-corrected chi connectivity index (χ3v) is 7.85. The number of aliphatic hydroxyl groups is 1. The third-order valence-electron chi connectivity index (χ3n) is 7.85. The third kappa shape index (κ3) is 5.56. The van der Waals surface area contributed by atoms with Crippen LogP contribution in [0.4, 0.5) is 4.79 Å². The van der Waals surface area contributed by atoms with Crippen LogP contribution in [0.25, 0.3) is 0 Å². The molecular weight excluding hydrogens is 450 g/mol. The molecule has 10 nitrogen and oxygen atoms in total. The molecule has 3 heterocycles. The fourth-order valence-electron chi connectivity index (χ4n) is 5.86. The van der Waals surface area contributed by atoms with Gasteiger partial charge >= 0.3 is 6.09 Å². The fraction of sp³-hybridized carbons (Fsp3) is 0.840. The van der Waals surface area contributed by atoms with Crippen molar-refractivity contribution in [2.75, 3.05) is 19.6 Å². The molecule has 35 heavy (non-hydrogen) atoms. The van der Waals surface area contributed by atoms with Crippen molar-refractivity contribution in [1.29, 1.82) is 5.26 Å². The maximum Gasteiger partial charge on any atom is 0.410 e. The molecule has 3 saturated heterocycles. The van der Waals surface area contributed by atoms with Crippen LogP contribution in [0.5, 0.6) is 0 Å². The van der Waals surface area contributed by atoms with E-state index in [0.717, 1.165) is 19.3 Å². The summed E-state index contributed by atoms with van der Waals surface area (Å²) in [6.45, 7) is 7.05. The van der Waals surface area contributed by atoms with Crippen LogP contribution in [0.3, 0.4) is 0 Å². The minimum atomic E-state index is -0.992. The Morgan fingerprint density at radius 3 is 2.60 bits per heavy atom. The second kappa shape index (κ2) is 9.94. The molecule has 1 spiro atoms. The second-order valence-corrected chi connectivity index (χ2v) is 11.6. The zero-order chi connectivity index (χ0) is 25.4. The molecule has 4 fully saturated rings. The number of hydrogen-bond acceptors (Lipinski definition) is 7. The van der Waals surface area contributed by atoms with Crippen molar-refractivity contribution in [3.63, 3.8) is 0 Å². The quantitative estimate of drug-likeness (QED) is 0.493. The van der Waals surface area contributed by atoms with Crippen LogP contribution in [-0.2, 0) is 14.3 Å². The monoisotopic (exact) mass is 489 g/mol. The largest absolute Gasteiger partial charge is 0.444 e. The van der Waals surface area contributed by atoms with Crippen LogP contribution in [0.2, 0.25) is 0 Å². The molecule has 1 unspecified atom stereocenters. The average molecular weight is 490 g/mol. The lowest BCUT2D eigenvalue weighted by Gasteiger charge is -2.41. The predicted molar refractivity (Wildman–Crippen MR) is 127 cm³/mol. The lowest BCUT2D eigenvalue weighted by Crippen LogP contribution is -2.59. The van der Waals surface area contributed by atoms with Crippen molar-refractivity contribution in [2.24, 2.45) is 11.8 Å². The summed E-state index contributed by atoms with van der Waals surface area (Å²) in [5.74, 6) is -0.223. The van der Waals surface area contributed by atoms with Crippen molar-refractivity contribution < 1.29 is 24.2 Å². The molecule has 1 saturated carbocycles. The average Bonchev–Trinajstić information content (AvgIpc) is 3.21. The molecule has 194 valence electrons. The van der Waals surface area contributed by atoms with Crippen molar-refractivity contribution >= 4 is 17.9 Å². The van der Waals surface area contributed by atoms with E-state index in [0.29, 0.717) is 51.2 Å². The molecule has 0 aromatic rings. The van der Waals surface area contributed by atoms with Gasteiger partial charge in [-0.05, 0) is 65.2 Å². The van der Waals surface area contributed by atoms with Crippen LogP contribution < -0.4 is 10.6 Å². The van der Waals surface area contributed by atoms with E-state index in [9.17, 15) is 24.8 Å². The summed E-state index contributed by atoms with van der Waals surface area (Å²) < 4.78 is 5.62. The van der Waals surface area contributed by atoms with Gasteiger partial charge in [-0.3, -0.25) is 19.4 Å². The highest BCUT2D eigenvalue weighted by molar-refractivity contribution is 5.83. The maximum atomic E-state index is 13.4. The number of nitriles is 1. The molecule has 0 aromatic heterocycles. The van der Waals surface area contributed by atoms with E-state index in [4.69, 9.17) is 4.74 Å². The van der Waals surface area contributed by atoms with Gasteiger partial charge in [0.15, 0.2) is 0 Å². The number of carbonyl (C=O) groups is 3. The van der Waals surface area contributed by atoms with Crippen LogP contribution >= 0.6 is 0 Å². The molecule has 0 bridgehead atoms. The number of nitrogens with one attached hydrogen (secondary N) is 2. The first-order chi connectivity index (χ1) is 16.5. The summed E-state index contributed by atoms with van der Waals surface area (Å²) in [7, 11) is 0. The number of likely N-dealkylation sites (tertiary alicyclic amines) is 2. The zero-order valence-electron chi connectivity index (χ0n) is 21.1. The van der Waals surface area contributed by atoms with Gasteiger partial charge in [-0.15, -0.1) is 0 Å². The Hall–Kier alpha value is -2.38. The van der Waals surface area contributed by atoms with Crippen LogP contribution in [0.15, 0.2) is 0 Å². The molecule has 3 amide bonds. The first kappa shape index (κ1) is 25.7. The summed E-state index contributed by atoms with van der Waals surface area (Å²) in [4.78, 5) is 41.8. The van der Waals surface area contributed by atoms with Crippen LogP contribution in [-0.4, -0.2) is 81.9 Å². The lowest BCUT2D eigenvalue weighted by atomic mass is 9.93. The Morgan fingerprint density at radius 2 is 2.00 bits per heavy atom. The summed E-state index contributed by atoms with van der Waals surface area (Å²) in [6, 6.07) is 0.777. The fourth-order valence-corrected chi connectivity index (χ4v) is 5.86. The minimum Gasteiger partial charge on any atom is -0.444 e. The first-order valence-electron chi connectivity index (χ1n) is 13.0. The summed E-state index contributed by atoms with van der Waals surface area (Å²) in [5.41, 5.74) is -1.41. The second-order valence-electron chi connectivity index (χ2n) is 11.6. The van der Waals surface area contributed by atoms with E-state index in [1.54, 1.807) is 4.90 Å². The molecular formula is C25H39N5O5. The van der Waals surface area contributed by atoms with E-state index in [1.807, 2.05) is 25.7 Å². The van der Waals surface area contributed by atoms with E-state index >= 15 is 0 Å². The van der Waals surface area contributed by atoms with Crippen LogP contribution in [0.1, 0.15) is 72.1 Å². The standard InChI is InChI=1S/C25H39N5O5/c1-24(2,3)35-23(34)30-11-4-8-25(30)9-12-29(22(25)33)19(13-16-5-6-16)21(32)28-18(15-26)14-17-7-10-27-20(17)31/h16-19,22,33H,4-14H2,1-3H3,(H,27,31)(H,28,32)/t17-,18-,19-,22?,25-/m0/s1. The molecule has 5 atom stereocenters. The Morgan fingerprint density at radius 1 is 1.26 bits per heavy atom. The molecule has 1 aliphatic carbocycles. The Balaban J connectivity index is 1.47. The van der Waals surface area contributed by atoms with Gasteiger partial charge in [0.05, 0.1) is 17.6 Å². The van der Waals surface area contributed by atoms with Crippen molar-refractivity contribution in [2.45, 2.75) is 102 Å². The number of nitrogens with zero attached hydrogens (tertiary/aromatic N) is 3. The number of carbonyl (C=O) groups excluding carboxylic acids is 3. The van der Waals surface area contributed by atoms with E-state index in [2.05, 4.69) is 16.7 Å². The number of rotatable bonds is 7. The van der Waals surface area contributed by atoms with E-state index in [-0.39, 0.29) is 24.2 Å². The lowest BCUT2D eigenvalue weighted by molar-refractivity contribution is -0.134. The molecule has 0 radical (unpaired) electrons. The highest BCUT2D eigenvalue weighted by Crippen LogP contribution is 2.44. The molecule has 4 aliphatic rings. The number of aliphatic hydroxyl groups excluding tert-OH is 1. The van der Waals surface area contributed by atoms with Gasteiger partial charge in [0.1, 0.15) is 17.9 Å². The normalized spacial score (nSPS) is 30.7. The van der Waals surface area contributed by atoms with Gasteiger partial charge in [-0.1, -0.05) is 12.8 Å². The minimum absolute atomic E-state index is 0.0746. The maximum absolute atomic E-state index is 13.4. The van der Waals surface area contributed by atoms with Crippen molar-refractivity contribution in [3.05, 3.63) is 0 Å².